The second kappa shape index (κ2) is 6.29. The number of carbonyl (C=O) groups is 1. The van der Waals surface area contributed by atoms with E-state index in [1.807, 2.05) is 13.1 Å². The molecule has 22 heavy (non-hydrogen) atoms. The van der Waals surface area contributed by atoms with Gasteiger partial charge in [0.1, 0.15) is 5.82 Å². The summed E-state index contributed by atoms with van der Waals surface area (Å²) in [6.45, 7) is 4.60. The quantitative estimate of drug-likeness (QED) is 0.900. The lowest BCUT2D eigenvalue weighted by Gasteiger charge is -2.24. The highest BCUT2D eigenvalue weighted by atomic mass is 16.5. The van der Waals surface area contributed by atoms with Gasteiger partial charge >= 0.3 is 0 Å². The van der Waals surface area contributed by atoms with Crippen LogP contribution in [0.3, 0.4) is 0 Å². The molecule has 1 N–H and O–H groups in total. The first-order valence-corrected chi connectivity index (χ1v) is 7.71. The number of hydrogen-bond acceptors (Lipinski definition) is 5. The first-order valence-electron chi connectivity index (χ1n) is 7.71. The molecule has 0 unspecified atom stereocenters. The molecule has 3 heterocycles. The molecule has 1 atom stereocenters. The van der Waals surface area contributed by atoms with Crippen LogP contribution in [0.25, 0.3) is 0 Å². The molecule has 118 valence electrons. The van der Waals surface area contributed by atoms with E-state index in [1.165, 1.54) is 0 Å². The Morgan fingerprint density at radius 2 is 2.32 bits per heavy atom. The smallest absolute Gasteiger partial charge is 0.226 e. The number of nitrogens with one attached hydrogen (secondary N) is 1. The van der Waals surface area contributed by atoms with Crippen molar-refractivity contribution in [1.82, 2.24) is 25.0 Å². The maximum Gasteiger partial charge on any atom is 0.226 e. The summed E-state index contributed by atoms with van der Waals surface area (Å²) in [5, 5.41) is 6.84. The van der Waals surface area contributed by atoms with Crippen molar-refractivity contribution in [3.8, 4) is 0 Å². The zero-order chi connectivity index (χ0) is 15.5. The molecule has 0 aromatic carbocycles. The Morgan fingerprint density at radius 1 is 1.45 bits per heavy atom. The molecular weight excluding hydrogens is 282 g/mol. The molecular formula is C15H21N5O2. The van der Waals surface area contributed by atoms with Crippen LogP contribution in [0.5, 0.6) is 0 Å². The Balaban J connectivity index is 1.42. The van der Waals surface area contributed by atoms with E-state index in [1.54, 1.807) is 6.92 Å². The molecule has 2 aromatic heterocycles. The van der Waals surface area contributed by atoms with Crippen LogP contribution in [0.15, 0.2) is 10.7 Å². The summed E-state index contributed by atoms with van der Waals surface area (Å²) < 4.78 is 7.18. The average molecular weight is 303 g/mol. The van der Waals surface area contributed by atoms with Crippen LogP contribution in [0, 0.1) is 13.8 Å². The second-order valence-electron chi connectivity index (χ2n) is 5.84. The summed E-state index contributed by atoms with van der Waals surface area (Å²) in [4.78, 5) is 20.6. The minimum Gasteiger partial charge on any atom is -0.352 e. The standard InChI is InChI=1S/C15H21N5O2/c1-10-8-20-9-12(6-7-13(20)16-10)18-14(21)4-3-5-15-17-11(2)19-22-15/h8,12H,3-7,9H2,1-2H3,(H,18,21)/t12-/m0/s1. The van der Waals surface area contributed by atoms with Gasteiger partial charge in [-0.05, 0) is 26.7 Å². The van der Waals surface area contributed by atoms with Crippen molar-refractivity contribution in [3.05, 3.63) is 29.4 Å². The Kier molecular flexibility index (Phi) is 4.22. The average Bonchev–Trinajstić information content (AvgIpc) is 3.03. The fourth-order valence-corrected chi connectivity index (χ4v) is 2.85. The molecule has 0 saturated carbocycles. The third-order valence-electron chi connectivity index (χ3n) is 3.84. The zero-order valence-corrected chi connectivity index (χ0v) is 13.0. The fraction of sp³-hybridized carbons (Fsp3) is 0.600. The van der Waals surface area contributed by atoms with Crippen molar-refractivity contribution in [2.75, 3.05) is 0 Å². The van der Waals surface area contributed by atoms with Gasteiger partial charge < -0.3 is 14.4 Å². The number of aryl methyl sites for hydroxylation is 4. The zero-order valence-electron chi connectivity index (χ0n) is 13.0. The summed E-state index contributed by atoms with van der Waals surface area (Å²) in [7, 11) is 0. The van der Waals surface area contributed by atoms with Crippen LogP contribution >= 0.6 is 0 Å². The Hall–Kier alpha value is -2.18. The van der Waals surface area contributed by atoms with Gasteiger partial charge in [-0.25, -0.2) is 4.98 Å². The molecule has 0 bridgehead atoms. The van der Waals surface area contributed by atoms with E-state index in [0.717, 1.165) is 37.3 Å². The van der Waals surface area contributed by atoms with Gasteiger partial charge in [0.25, 0.3) is 0 Å². The minimum absolute atomic E-state index is 0.0847. The van der Waals surface area contributed by atoms with Crippen LogP contribution in [0.4, 0.5) is 0 Å². The molecule has 0 radical (unpaired) electrons. The van der Waals surface area contributed by atoms with Crippen LogP contribution in [0.1, 0.15) is 42.5 Å². The maximum atomic E-state index is 12.0. The first-order chi connectivity index (χ1) is 10.6. The minimum atomic E-state index is 0.0847. The van der Waals surface area contributed by atoms with E-state index in [2.05, 4.69) is 25.0 Å². The van der Waals surface area contributed by atoms with Crippen molar-refractivity contribution < 1.29 is 9.32 Å². The van der Waals surface area contributed by atoms with E-state index in [4.69, 9.17) is 4.52 Å². The SMILES string of the molecule is Cc1cn2c(n1)CC[C@H](NC(=O)CCCc1nc(C)no1)C2. The lowest BCUT2D eigenvalue weighted by molar-refractivity contribution is -0.122. The molecule has 0 aliphatic carbocycles. The molecule has 7 nitrogen and oxygen atoms in total. The van der Waals surface area contributed by atoms with Crippen molar-refractivity contribution in [3.63, 3.8) is 0 Å². The molecule has 7 heteroatoms. The molecule has 1 amide bonds. The van der Waals surface area contributed by atoms with Gasteiger partial charge in [-0.2, -0.15) is 4.98 Å². The molecule has 2 aromatic rings. The summed E-state index contributed by atoms with van der Waals surface area (Å²) in [5.74, 6) is 2.44. The van der Waals surface area contributed by atoms with E-state index in [-0.39, 0.29) is 11.9 Å². The molecule has 0 spiro atoms. The summed E-state index contributed by atoms with van der Waals surface area (Å²) in [6, 6.07) is 0.194. The summed E-state index contributed by atoms with van der Waals surface area (Å²) in [5.41, 5.74) is 1.04. The summed E-state index contributed by atoms with van der Waals surface area (Å²) >= 11 is 0. The van der Waals surface area contributed by atoms with Gasteiger partial charge in [0.15, 0.2) is 5.82 Å². The monoisotopic (exact) mass is 303 g/mol. The molecule has 1 aliphatic heterocycles. The second-order valence-corrected chi connectivity index (χ2v) is 5.84. The van der Waals surface area contributed by atoms with Crippen LogP contribution in [-0.4, -0.2) is 31.6 Å². The van der Waals surface area contributed by atoms with E-state index < -0.39 is 0 Å². The number of rotatable bonds is 5. The Bertz CT molecular complexity index is 661. The highest BCUT2D eigenvalue weighted by molar-refractivity contribution is 5.76. The van der Waals surface area contributed by atoms with Gasteiger partial charge in [-0.15, -0.1) is 0 Å². The van der Waals surface area contributed by atoms with Crippen LogP contribution < -0.4 is 5.32 Å². The highest BCUT2D eigenvalue weighted by Crippen LogP contribution is 2.15. The number of nitrogens with zero attached hydrogens (tertiary/aromatic N) is 4. The molecule has 0 fully saturated rings. The highest BCUT2D eigenvalue weighted by Gasteiger charge is 2.21. The van der Waals surface area contributed by atoms with E-state index in [9.17, 15) is 4.79 Å². The largest absolute Gasteiger partial charge is 0.352 e. The molecule has 0 saturated heterocycles. The van der Waals surface area contributed by atoms with Crippen molar-refractivity contribution >= 4 is 5.91 Å². The topological polar surface area (TPSA) is 85.8 Å². The molecule has 1 aliphatic rings. The number of amides is 1. The predicted octanol–water partition coefficient (Wildman–Crippen LogP) is 1.34. The number of hydrogen-bond donors (Lipinski definition) is 1. The van der Waals surface area contributed by atoms with E-state index >= 15 is 0 Å². The number of imidazole rings is 1. The van der Waals surface area contributed by atoms with Crippen molar-refractivity contribution in [2.45, 2.75) is 58.5 Å². The predicted molar refractivity (Wildman–Crippen MR) is 79.2 cm³/mol. The third kappa shape index (κ3) is 3.52. The van der Waals surface area contributed by atoms with Gasteiger partial charge in [-0.1, -0.05) is 5.16 Å². The lowest BCUT2D eigenvalue weighted by Crippen LogP contribution is -2.40. The van der Waals surface area contributed by atoms with Gasteiger partial charge in [0.05, 0.1) is 5.69 Å². The van der Waals surface area contributed by atoms with Gasteiger partial charge in [0.2, 0.25) is 11.8 Å². The van der Waals surface area contributed by atoms with Gasteiger partial charge in [-0.3, -0.25) is 4.79 Å². The van der Waals surface area contributed by atoms with Crippen molar-refractivity contribution in [2.24, 2.45) is 0 Å². The summed E-state index contributed by atoms with van der Waals surface area (Å²) in [6.07, 6.45) is 5.75. The lowest BCUT2D eigenvalue weighted by atomic mass is 10.1. The van der Waals surface area contributed by atoms with Crippen LogP contribution in [0.2, 0.25) is 0 Å². The Morgan fingerprint density at radius 3 is 3.09 bits per heavy atom. The normalized spacial score (nSPS) is 17.3. The third-order valence-corrected chi connectivity index (χ3v) is 3.84. The van der Waals surface area contributed by atoms with Crippen LogP contribution in [-0.2, 0) is 24.2 Å². The van der Waals surface area contributed by atoms with E-state index in [0.29, 0.717) is 24.6 Å². The number of carbonyl (C=O) groups excluding carboxylic acids is 1. The number of aromatic nitrogens is 4. The Labute approximate surface area is 129 Å². The maximum absolute atomic E-state index is 12.0. The van der Waals surface area contributed by atoms with Gasteiger partial charge in [0, 0.05) is 38.0 Å². The molecule has 3 rings (SSSR count). The number of fused-ring (bicyclic) bond motifs is 1. The van der Waals surface area contributed by atoms with Crippen molar-refractivity contribution in [1.29, 1.82) is 0 Å². The first kappa shape index (κ1) is 14.7. The fourth-order valence-electron chi connectivity index (χ4n) is 2.85.